The van der Waals surface area contributed by atoms with Gasteiger partial charge in [-0.3, -0.25) is 0 Å². The molecule has 0 heterocycles. The van der Waals surface area contributed by atoms with Crippen molar-refractivity contribution in [1.29, 1.82) is 0 Å². The molecule has 0 bridgehead atoms. The molecule has 0 radical (unpaired) electrons. The molecular formula is C8H8BrFN2O. The van der Waals surface area contributed by atoms with Gasteiger partial charge in [0.05, 0.1) is 17.8 Å². The first-order chi connectivity index (χ1) is 6.20. The number of hydrogen-bond acceptors (Lipinski definition) is 3. The molecule has 1 aromatic rings. The largest absolute Gasteiger partial charge is 0.496 e. The van der Waals surface area contributed by atoms with Crippen LogP contribution in [0, 0.1) is 5.82 Å². The van der Waals surface area contributed by atoms with E-state index in [-0.39, 0.29) is 5.56 Å². The molecule has 0 aliphatic carbocycles. The van der Waals surface area contributed by atoms with Gasteiger partial charge in [0.15, 0.2) is 0 Å². The Labute approximate surface area is 83.5 Å². The van der Waals surface area contributed by atoms with Gasteiger partial charge >= 0.3 is 0 Å². The number of nitrogens with zero attached hydrogens (tertiary/aromatic N) is 1. The first kappa shape index (κ1) is 9.98. The average Bonchev–Trinajstić information content (AvgIpc) is 2.12. The molecule has 70 valence electrons. The maximum Gasteiger partial charge on any atom is 0.133 e. The quantitative estimate of drug-likeness (QED) is 0.492. The second-order valence-electron chi connectivity index (χ2n) is 2.26. The van der Waals surface area contributed by atoms with Crippen LogP contribution >= 0.6 is 15.9 Å². The standard InChI is InChI=1S/C8H8BrFN2O/c1-13-7-3-2-6(10)5(4-12-11)8(7)9/h2-4H,11H2,1H3. The van der Waals surface area contributed by atoms with E-state index < -0.39 is 5.82 Å². The summed E-state index contributed by atoms with van der Waals surface area (Å²) >= 11 is 3.18. The summed E-state index contributed by atoms with van der Waals surface area (Å²) in [6, 6.07) is 2.81. The molecule has 5 heteroatoms. The molecule has 0 aliphatic rings. The third kappa shape index (κ3) is 1.98. The fraction of sp³-hybridized carbons (Fsp3) is 0.125. The predicted octanol–water partition coefficient (Wildman–Crippen LogP) is 1.89. The van der Waals surface area contributed by atoms with Crippen LogP contribution in [0.4, 0.5) is 4.39 Å². The molecule has 2 N–H and O–H groups in total. The summed E-state index contributed by atoms with van der Waals surface area (Å²) in [4.78, 5) is 0. The van der Waals surface area contributed by atoms with E-state index in [1.165, 1.54) is 25.5 Å². The van der Waals surface area contributed by atoms with Crippen molar-refractivity contribution in [1.82, 2.24) is 0 Å². The highest BCUT2D eigenvalue weighted by molar-refractivity contribution is 9.10. The number of nitrogens with two attached hydrogens (primary N) is 1. The Bertz CT molecular complexity index is 341. The van der Waals surface area contributed by atoms with Gasteiger partial charge in [-0.1, -0.05) is 0 Å². The summed E-state index contributed by atoms with van der Waals surface area (Å²) in [5.41, 5.74) is 0.279. The molecule has 0 spiro atoms. The molecule has 0 unspecified atom stereocenters. The SMILES string of the molecule is COc1ccc(F)c(C=NN)c1Br. The molecule has 0 fully saturated rings. The van der Waals surface area contributed by atoms with E-state index in [9.17, 15) is 4.39 Å². The summed E-state index contributed by atoms with van der Waals surface area (Å²) in [6.45, 7) is 0. The highest BCUT2D eigenvalue weighted by Gasteiger charge is 2.09. The minimum atomic E-state index is -0.401. The lowest BCUT2D eigenvalue weighted by molar-refractivity contribution is 0.411. The van der Waals surface area contributed by atoms with Crippen molar-refractivity contribution < 1.29 is 9.13 Å². The Kier molecular flexibility index (Phi) is 3.25. The fourth-order valence-electron chi connectivity index (χ4n) is 0.900. The second-order valence-corrected chi connectivity index (χ2v) is 3.05. The normalized spacial score (nSPS) is 10.7. The van der Waals surface area contributed by atoms with Crippen molar-refractivity contribution in [2.45, 2.75) is 0 Å². The van der Waals surface area contributed by atoms with E-state index in [4.69, 9.17) is 10.6 Å². The maximum absolute atomic E-state index is 13.1. The average molecular weight is 247 g/mol. The van der Waals surface area contributed by atoms with E-state index in [1.54, 1.807) is 0 Å². The lowest BCUT2D eigenvalue weighted by atomic mass is 10.2. The smallest absolute Gasteiger partial charge is 0.133 e. The van der Waals surface area contributed by atoms with Gasteiger partial charge in [-0.25, -0.2) is 4.39 Å². The van der Waals surface area contributed by atoms with Crippen molar-refractivity contribution in [2.24, 2.45) is 10.9 Å². The molecule has 0 amide bonds. The highest BCUT2D eigenvalue weighted by Crippen LogP contribution is 2.29. The summed E-state index contributed by atoms with van der Waals surface area (Å²) in [6.07, 6.45) is 1.22. The lowest BCUT2D eigenvalue weighted by Crippen LogP contribution is -1.95. The predicted molar refractivity (Wildman–Crippen MR) is 52.4 cm³/mol. The van der Waals surface area contributed by atoms with E-state index in [0.29, 0.717) is 10.2 Å². The minimum absolute atomic E-state index is 0.279. The topological polar surface area (TPSA) is 47.6 Å². The van der Waals surface area contributed by atoms with Gasteiger partial charge < -0.3 is 10.6 Å². The van der Waals surface area contributed by atoms with E-state index in [2.05, 4.69) is 21.0 Å². The van der Waals surface area contributed by atoms with Crippen molar-refractivity contribution >= 4 is 22.1 Å². The Hall–Kier alpha value is -1.10. The van der Waals surface area contributed by atoms with Crippen LogP contribution in [0.1, 0.15) is 5.56 Å². The van der Waals surface area contributed by atoms with Crippen molar-refractivity contribution in [3.05, 3.63) is 28.0 Å². The molecule has 1 aromatic carbocycles. The van der Waals surface area contributed by atoms with Crippen LogP contribution in [0.15, 0.2) is 21.7 Å². The van der Waals surface area contributed by atoms with E-state index in [1.807, 2.05) is 0 Å². The Morgan fingerprint density at radius 2 is 2.31 bits per heavy atom. The molecule has 13 heavy (non-hydrogen) atoms. The van der Waals surface area contributed by atoms with Crippen LogP contribution in [-0.2, 0) is 0 Å². The second kappa shape index (κ2) is 4.23. The first-order valence-electron chi connectivity index (χ1n) is 3.46. The van der Waals surface area contributed by atoms with Gasteiger partial charge in [0, 0.05) is 5.56 Å². The number of benzene rings is 1. The van der Waals surface area contributed by atoms with Crippen LogP contribution in [0.2, 0.25) is 0 Å². The summed E-state index contributed by atoms with van der Waals surface area (Å²) in [5, 5.41) is 3.25. The van der Waals surface area contributed by atoms with E-state index >= 15 is 0 Å². The lowest BCUT2D eigenvalue weighted by Gasteiger charge is -2.05. The van der Waals surface area contributed by atoms with Crippen LogP contribution < -0.4 is 10.6 Å². The molecular weight excluding hydrogens is 239 g/mol. The monoisotopic (exact) mass is 246 g/mol. The van der Waals surface area contributed by atoms with Gasteiger partial charge in [-0.05, 0) is 28.1 Å². The Morgan fingerprint density at radius 3 is 2.85 bits per heavy atom. The van der Waals surface area contributed by atoms with Gasteiger partial charge in [0.2, 0.25) is 0 Å². The number of halogens is 2. The van der Waals surface area contributed by atoms with Crippen molar-refractivity contribution in [3.8, 4) is 5.75 Å². The zero-order chi connectivity index (χ0) is 9.84. The Morgan fingerprint density at radius 1 is 1.62 bits per heavy atom. The zero-order valence-electron chi connectivity index (χ0n) is 6.92. The fourth-order valence-corrected chi connectivity index (χ4v) is 1.49. The van der Waals surface area contributed by atoms with Crippen LogP contribution in [0.3, 0.4) is 0 Å². The highest BCUT2D eigenvalue weighted by atomic mass is 79.9. The molecule has 0 aromatic heterocycles. The number of ether oxygens (including phenoxy) is 1. The number of methoxy groups -OCH3 is 1. The van der Waals surface area contributed by atoms with Crippen LogP contribution in [0.5, 0.6) is 5.75 Å². The van der Waals surface area contributed by atoms with Gasteiger partial charge in [-0.2, -0.15) is 5.10 Å². The third-order valence-corrected chi connectivity index (χ3v) is 2.33. The molecule has 1 rings (SSSR count). The van der Waals surface area contributed by atoms with Gasteiger partial charge in [-0.15, -0.1) is 0 Å². The molecule has 0 saturated carbocycles. The Balaban J connectivity index is 3.29. The molecule has 0 aliphatic heterocycles. The third-order valence-electron chi connectivity index (χ3n) is 1.51. The maximum atomic E-state index is 13.1. The minimum Gasteiger partial charge on any atom is -0.496 e. The molecule has 3 nitrogen and oxygen atoms in total. The zero-order valence-corrected chi connectivity index (χ0v) is 8.51. The number of hydrazone groups is 1. The first-order valence-corrected chi connectivity index (χ1v) is 4.25. The van der Waals surface area contributed by atoms with Crippen molar-refractivity contribution in [2.75, 3.05) is 7.11 Å². The van der Waals surface area contributed by atoms with Crippen molar-refractivity contribution in [3.63, 3.8) is 0 Å². The summed E-state index contributed by atoms with van der Waals surface area (Å²) in [5.74, 6) is 5.07. The van der Waals surface area contributed by atoms with Gasteiger partial charge in [0.1, 0.15) is 11.6 Å². The van der Waals surface area contributed by atoms with Crippen LogP contribution in [-0.4, -0.2) is 13.3 Å². The molecule has 0 atom stereocenters. The summed E-state index contributed by atoms with van der Waals surface area (Å²) < 4.78 is 18.6. The van der Waals surface area contributed by atoms with Crippen LogP contribution in [0.25, 0.3) is 0 Å². The van der Waals surface area contributed by atoms with E-state index in [0.717, 1.165) is 0 Å². The number of hydrogen-bond donors (Lipinski definition) is 1. The van der Waals surface area contributed by atoms with Gasteiger partial charge in [0.25, 0.3) is 0 Å². The molecule has 0 saturated heterocycles. The number of rotatable bonds is 2. The summed E-state index contributed by atoms with van der Waals surface area (Å²) in [7, 11) is 1.50.